The molecular weight excluding hydrogens is 815 g/mol. The topological polar surface area (TPSA) is 76.0 Å². The molecule has 0 fully saturated rings. The van der Waals surface area contributed by atoms with Crippen LogP contribution in [0.4, 0.5) is 0 Å². The molecule has 2 aromatic carbocycles. The van der Waals surface area contributed by atoms with E-state index in [0.717, 1.165) is 76.6 Å². The fraction of sp³-hybridized carbons (Fsp3) is 0.488. The summed E-state index contributed by atoms with van der Waals surface area (Å²) in [5.74, 6) is 0.547. The SMILES string of the molecule is CCC(CC)C(=O)/C=C(\O)C(CC)CC.Cc1ccc2[c-]c(-c3ncnc4c3sc3cc(CC(C)(C)C)ccc34)cc(CC(C)(C)C)c2n1.[Ir]. The fourth-order valence-corrected chi connectivity index (χ4v) is 7.70. The van der Waals surface area contributed by atoms with Crippen molar-refractivity contribution in [3.63, 3.8) is 0 Å². The van der Waals surface area contributed by atoms with Gasteiger partial charge in [0.05, 0.1) is 11.3 Å². The van der Waals surface area contributed by atoms with E-state index in [1.54, 1.807) is 17.7 Å². The number of thiophene rings is 1. The second-order valence-electron chi connectivity index (χ2n) is 15.9. The number of fused-ring (bicyclic) bond motifs is 4. The number of pyridine rings is 1. The van der Waals surface area contributed by atoms with E-state index in [2.05, 4.69) is 89.0 Å². The van der Waals surface area contributed by atoms with Gasteiger partial charge >= 0.3 is 0 Å². The summed E-state index contributed by atoms with van der Waals surface area (Å²) in [4.78, 5) is 26.0. The number of carbonyl (C=O) groups is 1. The summed E-state index contributed by atoms with van der Waals surface area (Å²) in [6.45, 7) is 23.8. The van der Waals surface area contributed by atoms with Crippen LogP contribution in [0.3, 0.4) is 0 Å². The van der Waals surface area contributed by atoms with Crippen molar-refractivity contribution in [1.82, 2.24) is 15.0 Å². The average molecular weight is 871 g/mol. The quantitative estimate of drug-likeness (QED) is 0.0859. The second-order valence-corrected chi connectivity index (χ2v) is 16.9. The molecule has 7 heteroatoms. The van der Waals surface area contributed by atoms with E-state index in [9.17, 15) is 9.90 Å². The predicted molar refractivity (Wildman–Crippen MR) is 209 cm³/mol. The molecule has 0 spiro atoms. The monoisotopic (exact) mass is 871 g/mol. The molecular formula is C43H56IrN3O2S-. The Hall–Kier alpha value is -2.99. The Morgan fingerprint density at radius 3 is 2.10 bits per heavy atom. The summed E-state index contributed by atoms with van der Waals surface area (Å²) in [7, 11) is 0. The Balaban J connectivity index is 0.000000361. The summed E-state index contributed by atoms with van der Waals surface area (Å²) in [6, 6.07) is 16.9. The first kappa shape index (κ1) is 41.4. The van der Waals surface area contributed by atoms with Crippen LogP contribution in [0.1, 0.15) is 112 Å². The van der Waals surface area contributed by atoms with Crippen molar-refractivity contribution < 1.29 is 30.0 Å². The van der Waals surface area contributed by atoms with Crippen LogP contribution in [-0.2, 0) is 37.7 Å². The summed E-state index contributed by atoms with van der Waals surface area (Å²) in [5.41, 5.74) is 8.11. The van der Waals surface area contributed by atoms with Gasteiger partial charge in [0.2, 0.25) is 0 Å². The van der Waals surface area contributed by atoms with Crippen molar-refractivity contribution in [2.24, 2.45) is 22.7 Å². The van der Waals surface area contributed by atoms with E-state index in [-0.39, 0.29) is 54.3 Å². The van der Waals surface area contributed by atoms with Crippen LogP contribution in [-0.4, -0.2) is 25.8 Å². The van der Waals surface area contributed by atoms with Crippen molar-refractivity contribution >= 4 is 48.3 Å². The number of ketones is 1. The number of nitrogens with zero attached hydrogens (tertiary/aromatic N) is 3. The van der Waals surface area contributed by atoms with E-state index in [4.69, 9.17) is 9.97 Å². The van der Waals surface area contributed by atoms with Gasteiger partial charge in [-0.05, 0) is 67.9 Å². The first-order valence-electron chi connectivity index (χ1n) is 18.0. The second kappa shape index (κ2) is 17.5. The molecule has 0 amide bonds. The predicted octanol–water partition coefficient (Wildman–Crippen LogP) is 12.2. The molecule has 3 aromatic heterocycles. The standard InChI is InChI=1S/C30H32N3S.C13H24O2.Ir/c1-18-8-10-20-13-21(14-22(25(20)33-18)16-30(5,6)7)26-28-27(32-17-31-26)23-11-9-19(12-24(23)34-28)15-29(2,3)4;1-5-10(6-2)12(14)9-13(15)11(7-3)8-4;/h8-12,14,17H,15-16H2,1-7H3;9-11,14H,5-8H2,1-4H3;/q-1;;/b;12-9-;. The van der Waals surface area contributed by atoms with Crippen molar-refractivity contribution in [1.29, 1.82) is 0 Å². The largest absolute Gasteiger partial charge is 0.512 e. The first-order valence-corrected chi connectivity index (χ1v) is 18.8. The molecule has 0 unspecified atom stereocenters. The molecule has 271 valence electrons. The zero-order chi connectivity index (χ0) is 36.1. The van der Waals surface area contributed by atoms with Gasteiger partial charge in [0, 0.05) is 69.7 Å². The molecule has 0 saturated carbocycles. The summed E-state index contributed by atoms with van der Waals surface area (Å²) in [5, 5.41) is 12.0. The van der Waals surface area contributed by atoms with Gasteiger partial charge in [-0.3, -0.25) is 14.8 Å². The van der Waals surface area contributed by atoms with E-state index in [1.165, 1.54) is 27.3 Å². The molecule has 0 bridgehead atoms. The van der Waals surface area contributed by atoms with Gasteiger partial charge < -0.3 is 5.11 Å². The number of aliphatic hydroxyl groups is 1. The molecule has 50 heavy (non-hydrogen) atoms. The maximum Gasteiger partial charge on any atom is 0.162 e. The van der Waals surface area contributed by atoms with E-state index in [0.29, 0.717) is 0 Å². The first-order chi connectivity index (χ1) is 23.1. The van der Waals surface area contributed by atoms with Crippen LogP contribution in [0.25, 0.3) is 42.5 Å². The van der Waals surface area contributed by atoms with Gasteiger partial charge in [-0.25, -0.2) is 4.98 Å². The molecule has 0 aliphatic heterocycles. The van der Waals surface area contributed by atoms with Crippen LogP contribution in [0.15, 0.2) is 54.6 Å². The van der Waals surface area contributed by atoms with E-state index in [1.807, 2.05) is 34.6 Å². The maximum absolute atomic E-state index is 11.7. The molecule has 5 rings (SSSR count). The number of allylic oxidation sites excluding steroid dienone is 2. The Morgan fingerprint density at radius 1 is 0.860 bits per heavy atom. The van der Waals surface area contributed by atoms with E-state index >= 15 is 0 Å². The van der Waals surface area contributed by atoms with Crippen LogP contribution in [0.5, 0.6) is 0 Å². The van der Waals surface area contributed by atoms with Crippen LogP contribution < -0.4 is 0 Å². The maximum atomic E-state index is 11.7. The number of hydrogen-bond donors (Lipinski definition) is 1. The normalized spacial score (nSPS) is 12.5. The van der Waals surface area contributed by atoms with E-state index < -0.39 is 0 Å². The third-order valence-corrected chi connectivity index (χ3v) is 10.2. The number of carbonyl (C=O) groups excluding carboxylic acids is 1. The minimum atomic E-state index is 0. The molecule has 0 saturated heterocycles. The van der Waals surface area contributed by atoms with Crippen molar-refractivity contribution in [3.05, 3.63) is 77.4 Å². The number of benzene rings is 2. The third kappa shape index (κ3) is 10.5. The molecule has 1 N–H and O–H groups in total. The van der Waals surface area contributed by atoms with Crippen molar-refractivity contribution in [2.75, 3.05) is 0 Å². The van der Waals surface area contributed by atoms with Gasteiger partial charge in [0.25, 0.3) is 0 Å². The Labute approximate surface area is 317 Å². The summed E-state index contributed by atoms with van der Waals surface area (Å²) in [6.07, 6.45) is 8.60. The van der Waals surface area contributed by atoms with Gasteiger partial charge in [-0.1, -0.05) is 104 Å². The molecule has 1 radical (unpaired) electrons. The fourth-order valence-electron chi connectivity index (χ4n) is 6.47. The molecule has 0 aliphatic rings. The molecule has 5 aromatic rings. The van der Waals surface area contributed by atoms with Crippen molar-refractivity contribution in [3.8, 4) is 11.3 Å². The minimum absolute atomic E-state index is 0. The Kier molecular flexibility index (Phi) is 14.5. The smallest absolute Gasteiger partial charge is 0.162 e. The number of aliphatic hydroxyl groups excluding tert-OH is 1. The zero-order valence-electron chi connectivity index (χ0n) is 32.0. The van der Waals surface area contributed by atoms with Crippen LogP contribution in [0, 0.1) is 35.7 Å². The molecule has 0 atom stereocenters. The molecule has 0 aliphatic carbocycles. The van der Waals surface area contributed by atoms with Gasteiger partial charge in [-0.15, -0.1) is 29.5 Å². The Bertz CT molecular complexity index is 1940. The van der Waals surface area contributed by atoms with Gasteiger partial charge in [0.1, 0.15) is 6.33 Å². The summed E-state index contributed by atoms with van der Waals surface area (Å²) < 4.78 is 2.40. The van der Waals surface area contributed by atoms with Crippen LogP contribution >= 0.6 is 11.3 Å². The summed E-state index contributed by atoms with van der Waals surface area (Å²) >= 11 is 1.79. The number of aryl methyl sites for hydroxylation is 1. The van der Waals surface area contributed by atoms with Gasteiger partial charge in [0.15, 0.2) is 5.78 Å². The number of hydrogen-bond acceptors (Lipinski definition) is 6. The zero-order valence-corrected chi connectivity index (χ0v) is 35.2. The molecule has 5 nitrogen and oxygen atoms in total. The average Bonchev–Trinajstić information content (AvgIpc) is 3.39. The van der Waals surface area contributed by atoms with Crippen LogP contribution in [0.2, 0.25) is 0 Å². The Morgan fingerprint density at radius 2 is 1.50 bits per heavy atom. The number of rotatable bonds is 10. The molecule has 3 heterocycles. The number of aromatic nitrogens is 3. The third-order valence-electron chi connectivity index (χ3n) is 9.04. The minimum Gasteiger partial charge on any atom is -0.512 e. The van der Waals surface area contributed by atoms with Crippen molar-refractivity contribution in [2.45, 2.75) is 115 Å². The van der Waals surface area contributed by atoms with Gasteiger partial charge in [-0.2, -0.15) is 0 Å².